The summed E-state index contributed by atoms with van der Waals surface area (Å²) in [5.74, 6) is 0.0311. The molecule has 0 bridgehead atoms. The highest BCUT2D eigenvalue weighted by atomic mass is 16.5. The van der Waals surface area contributed by atoms with E-state index in [0.717, 1.165) is 0 Å². The van der Waals surface area contributed by atoms with Gasteiger partial charge in [0.2, 0.25) is 0 Å². The molecule has 0 spiro atoms. The van der Waals surface area contributed by atoms with Crippen molar-refractivity contribution in [2.24, 2.45) is 0 Å². The van der Waals surface area contributed by atoms with E-state index in [1.807, 2.05) is 6.07 Å². The zero-order valence-corrected chi connectivity index (χ0v) is 6.48. The molecular formula is C8H5N3O2. The van der Waals surface area contributed by atoms with Crippen molar-refractivity contribution in [3.05, 3.63) is 29.1 Å². The molecule has 2 N–H and O–H groups in total. The molecule has 0 unspecified atom stereocenters. The maximum Gasteiger partial charge on any atom is 0.252 e. The molecule has 0 aliphatic carbocycles. The topological polar surface area (TPSA) is 86.8 Å². The maximum atomic E-state index is 11.1. The van der Waals surface area contributed by atoms with Crippen LogP contribution in [-0.4, -0.2) is 10.2 Å². The van der Waals surface area contributed by atoms with Gasteiger partial charge in [-0.05, 0) is 12.1 Å². The van der Waals surface area contributed by atoms with Crippen molar-refractivity contribution in [1.29, 1.82) is 5.26 Å². The van der Waals surface area contributed by atoms with Gasteiger partial charge in [0.25, 0.3) is 5.52 Å². The van der Waals surface area contributed by atoms with E-state index in [-0.39, 0.29) is 11.4 Å². The Hall–Kier alpha value is -2.22. The predicted octanol–water partition coefficient (Wildman–Crippen LogP) is 0.379. The number of aromatic nitrogens is 2. The molecule has 64 valence electrons. The molecule has 2 rings (SSSR count). The van der Waals surface area contributed by atoms with E-state index < -0.39 is 0 Å². The van der Waals surface area contributed by atoms with E-state index in [4.69, 9.17) is 10.4 Å². The van der Waals surface area contributed by atoms with Crippen LogP contribution in [0, 0.1) is 16.5 Å². The molecule has 0 fully saturated rings. The third kappa shape index (κ3) is 0.964. The first-order valence-electron chi connectivity index (χ1n) is 3.57. The Labute approximate surface area is 73.0 Å². The Morgan fingerprint density at radius 3 is 3.00 bits per heavy atom. The molecule has 0 aliphatic heterocycles. The lowest BCUT2D eigenvalue weighted by atomic mass is 10.2. The first-order valence-corrected chi connectivity index (χ1v) is 3.57. The predicted molar refractivity (Wildman–Crippen MR) is 43.6 cm³/mol. The van der Waals surface area contributed by atoms with Gasteiger partial charge < -0.3 is 10.3 Å². The summed E-state index contributed by atoms with van der Waals surface area (Å²) in [7, 11) is 0. The highest BCUT2D eigenvalue weighted by molar-refractivity contribution is 5.82. The normalized spacial score (nSPS) is 10.1. The number of H-pyrrole nitrogens is 1. The van der Waals surface area contributed by atoms with Crippen LogP contribution in [0.2, 0.25) is 0 Å². The fourth-order valence-corrected chi connectivity index (χ4v) is 1.21. The number of nitriles is 1. The van der Waals surface area contributed by atoms with E-state index in [1.165, 1.54) is 18.2 Å². The fourth-order valence-electron chi connectivity index (χ4n) is 1.21. The average molecular weight is 175 g/mol. The van der Waals surface area contributed by atoms with Crippen LogP contribution in [0.5, 0.6) is 5.75 Å². The quantitative estimate of drug-likeness (QED) is 0.448. The number of rotatable bonds is 0. The molecule has 0 amide bonds. The summed E-state index contributed by atoms with van der Waals surface area (Å²) >= 11 is 0. The summed E-state index contributed by atoms with van der Waals surface area (Å²) in [6.45, 7) is 0. The second-order valence-corrected chi connectivity index (χ2v) is 2.59. The monoisotopic (exact) mass is 175 g/mol. The van der Waals surface area contributed by atoms with Gasteiger partial charge in [-0.15, -0.1) is 5.10 Å². The number of aromatic hydroxyl groups is 1. The number of fused-ring (bicyclic) bond motifs is 1. The van der Waals surface area contributed by atoms with Crippen molar-refractivity contribution in [1.82, 2.24) is 5.10 Å². The third-order valence-corrected chi connectivity index (χ3v) is 1.79. The molecule has 13 heavy (non-hydrogen) atoms. The van der Waals surface area contributed by atoms with E-state index >= 15 is 0 Å². The summed E-state index contributed by atoms with van der Waals surface area (Å²) in [6.07, 6.45) is 0. The fraction of sp³-hybridized carbons (Fsp3) is 0. The van der Waals surface area contributed by atoms with Crippen molar-refractivity contribution in [3.63, 3.8) is 0 Å². The van der Waals surface area contributed by atoms with Crippen LogP contribution in [-0.2, 0) is 0 Å². The van der Waals surface area contributed by atoms with Gasteiger partial charge in [0.1, 0.15) is 11.8 Å². The number of aromatic amines is 1. The minimum Gasteiger partial charge on any atom is -0.596 e. The molecule has 5 heteroatoms. The molecule has 0 saturated carbocycles. The van der Waals surface area contributed by atoms with Crippen LogP contribution in [0.3, 0.4) is 0 Å². The molecule has 0 atom stereocenters. The van der Waals surface area contributed by atoms with Gasteiger partial charge in [0.15, 0.2) is 5.69 Å². The number of hydrogen-bond donors (Lipinski definition) is 2. The van der Waals surface area contributed by atoms with Crippen molar-refractivity contribution < 1.29 is 9.95 Å². The van der Waals surface area contributed by atoms with Crippen LogP contribution in [0.1, 0.15) is 5.69 Å². The van der Waals surface area contributed by atoms with E-state index in [0.29, 0.717) is 15.7 Å². The number of hydrogen-bond acceptors (Lipinski definition) is 3. The zero-order valence-electron chi connectivity index (χ0n) is 6.48. The Balaban J connectivity index is 2.91. The van der Waals surface area contributed by atoms with Crippen molar-refractivity contribution >= 4 is 10.9 Å². The summed E-state index contributed by atoms with van der Waals surface area (Å²) in [5.41, 5.74) is 0.496. The Morgan fingerprint density at radius 1 is 1.54 bits per heavy atom. The summed E-state index contributed by atoms with van der Waals surface area (Å²) in [4.78, 5) is 0.493. The van der Waals surface area contributed by atoms with Crippen LogP contribution >= 0.6 is 0 Å². The zero-order chi connectivity index (χ0) is 9.42. The SMILES string of the molecule is N#Cc1[nH][n+]([O-])c2ccc(O)cc12. The smallest absolute Gasteiger partial charge is 0.252 e. The number of nitrogens with one attached hydrogen (secondary N) is 1. The average Bonchev–Trinajstić information content (AvgIpc) is 2.42. The number of benzene rings is 1. The molecule has 1 heterocycles. The maximum absolute atomic E-state index is 11.1. The lowest BCUT2D eigenvalue weighted by molar-refractivity contribution is -0.639. The van der Waals surface area contributed by atoms with Gasteiger partial charge in [-0.3, -0.25) is 0 Å². The van der Waals surface area contributed by atoms with E-state index in [9.17, 15) is 5.21 Å². The third-order valence-electron chi connectivity index (χ3n) is 1.79. The lowest BCUT2D eigenvalue weighted by Gasteiger charge is -1.90. The molecule has 5 nitrogen and oxygen atoms in total. The second kappa shape index (κ2) is 2.38. The van der Waals surface area contributed by atoms with Crippen LogP contribution in [0.15, 0.2) is 18.2 Å². The molecule has 0 aliphatic rings. The minimum atomic E-state index is 0.0311. The highest BCUT2D eigenvalue weighted by Crippen LogP contribution is 2.19. The molecule has 1 aromatic heterocycles. The van der Waals surface area contributed by atoms with Crippen molar-refractivity contribution in [3.8, 4) is 11.8 Å². The number of phenols is 1. The highest BCUT2D eigenvalue weighted by Gasteiger charge is 2.13. The minimum absolute atomic E-state index is 0.0311. The van der Waals surface area contributed by atoms with Gasteiger partial charge >= 0.3 is 0 Å². The number of nitrogens with zero attached hydrogens (tertiary/aromatic N) is 2. The summed E-state index contributed by atoms with van der Waals surface area (Å²) in [6, 6.07) is 6.05. The number of phenolic OH excluding ortho intramolecular Hbond substituents is 1. The van der Waals surface area contributed by atoms with Gasteiger partial charge in [0.05, 0.1) is 5.39 Å². The molecule has 0 radical (unpaired) electrons. The standard InChI is InChI=1S/C8H5N3O2/c9-4-7-6-3-5(12)1-2-8(6)11(13)10-7/h1-3,10,12H. The summed E-state index contributed by atoms with van der Waals surface area (Å²) < 4.78 is 0. The Kier molecular flexibility index (Phi) is 1.36. The Morgan fingerprint density at radius 2 is 2.31 bits per heavy atom. The van der Waals surface area contributed by atoms with E-state index in [1.54, 1.807) is 0 Å². The molecule has 0 saturated heterocycles. The van der Waals surface area contributed by atoms with Gasteiger partial charge in [-0.2, -0.15) is 5.26 Å². The first kappa shape index (κ1) is 7.43. The lowest BCUT2D eigenvalue weighted by Crippen LogP contribution is -2.27. The Bertz CT molecular complexity index is 510. The van der Waals surface area contributed by atoms with Gasteiger partial charge in [-0.1, -0.05) is 4.85 Å². The van der Waals surface area contributed by atoms with Gasteiger partial charge in [-0.25, -0.2) is 0 Å². The summed E-state index contributed by atoms with van der Waals surface area (Å²) in [5, 5.41) is 31.6. The molecule has 2 aromatic rings. The molecular weight excluding hydrogens is 170 g/mol. The first-order chi connectivity index (χ1) is 6.22. The van der Waals surface area contributed by atoms with E-state index in [2.05, 4.69) is 5.10 Å². The van der Waals surface area contributed by atoms with Crippen molar-refractivity contribution in [2.75, 3.05) is 0 Å². The van der Waals surface area contributed by atoms with Crippen molar-refractivity contribution in [2.45, 2.75) is 0 Å². The van der Waals surface area contributed by atoms with Gasteiger partial charge in [0, 0.05) is 6.07 Å². The van der Waals surface area contributed by atoms with Crippen LogP contribution in [0.25, 0.3) is 10.9 Å². The van der Waals surface area contributed by atoms with Crippen LogP contribution in [0.4, 0.5) is 0 Å². The largest absolute Gasteiger partial charge is 0.596 e. The molecule has 1 aromatic carbocycles. The van der Waals surface area contributed by atoms with Crippen LogP contribution < -0.4 is 4.85 Å². The second-order valence-electron chi connectivity index (χ2n) is 2.59.